The van der Waals surface area contributed by atoms with E-state index in [1.165, 1.54) is 0 Å². The van der Waals surface area contributed by atoms with Gasteiger partial charge in [-0.05, 0) is 48.5 Å². The molecule has 4 rings (SSSR count). The van der Waals surface area contributed by atoms with Crippen molar-refractivity contribution in [1.82, 2.24) is 21.8 Å². The maximum absolute atomic E-state index is 2.46. The van der Waals surface area contributed by atoms with E-state index >= 15 is 0 Å². The molecule has 0 bridgehead atoms. The predicted molar refractivity (Wildman–Crippen MR) is 101 cm³/mol. The zero-order valence-electron chi connectivity index (χ0n) is 13.4. The van der Waals surface area contributed by atoms with Crippen LogP contribution in [0.5, 0.6) is 0 Å². The lowest BCUT2D eigenvalue weighted by molar-refractivity contribution is 0.796. The third-order valence-corrected chi connectivity index (χ3v) is 8.41. The topological polar surface area (TPSA) is 23.0 Å². The van der Waals surface area contributed by atoms with E-state index in [4.69, 9.17) is 0 Å². The minimum Gasteiger partial charge on any atom is -0.303 e. The van der Waals surface area contributed by atoms with Crippen molar-refractivity contribution in [2.75, 3.05) is 7.05 Å². The molecule has 0 aliphatic heterocycles. The van der Waals surface area contributed by atoms with E-state index in [0.717, 1.165) is 0 Å². The van der Waals surface area contributed by atoms with Crippen LogP contribution in [0.1, 0.15) is 0 Å². The van der Waals surface area contributed by atoms with E-state index in [-0.39, 0.29) is 0 Å². The highest BCUT2D eigenvalue weighted by atomic mass is 31.2. The van der Waals surface area contributed by atoms with E-state index < -0.39 is 16.7 Å². The van der Waals surface area contributed by atoms with Gasteiger partial charge in [0.1, 0.15) is 0 Å². The molecule has 0 N–H and O–H groups in total. The molecule has 0 radical (unpaired) electrons. The van der Waals surface area contributed by atoms with Gasteiger partial charge in [-0.3, -0.25) is 0 Å². The first kappa shape index (κ1) is 15.5. The van der Waals surface area contributed by atoms with Gasteiger partial charge in [0.05, 0.1) is 0 Å². The summed E-state index contributed by atoms with van der Waals surface area (Å²) in [6.45, 7) is 0. The molecule has 0 aliphatic rings. The summed E-state index contributed by atoms with van der Waals surface area (Å²) in [4.78, 5) is 0. The normalized spacial score (nSPS) is 11.8. The fourth-order valence-electron chi connectivity index (χ4n) is 2.69. The monoisotopic (exact) mass is 355 g/mol. The summed E-state index contributed by atoms with van der Waals surface area (Å²) in [5, 5.41) is 0. The molecule has 4 heterocycles. The van der Waals surface area contributed by atoms with Gasteiger partial charge in [0.2, 0.25) is 0 Å². The van der Waals surface area contributed by atoms with Crippen LogP contribution < -0.4 is 0 Å². The standard InChI is InChI=1S/C17H19N5P2/c1-18(23(19-10-2-3-11-19)20-12-4-5-13-20)24(21-14-6-7-15-21)22-16-8-9-17-22/h2-17H,1H3. The third kappa shape index (κ3) is 2.87. The smallest absolute Gasteiger partial charge is 0.192 e. The molecule has 0 saturated heterocycles. The van der Waals surface area contributed by atoms with Crippen LogP contribution in [0.15, 0.2) is 98.1 Å². The van der Waals surface area contributed by atoms with Crippen LogP contribution in [0.4, 0.5) is 0 Å². The molecule has 7 heteroatoms. The summed E-state index contributed by atoms with van der Waals surface area (Å²) in [7, 11) is 0.740. The van der Waals surface area contributed by atoms with E-state index in [1.807, 2.05) is 0 Å². The average molecular weight is 355 g/mol. The lowest BCUT2D eigenvalue weighted by Gasteiger charge is -2.35. The van der Waals surface area contributed by atoms with Crippen LogP contribution in [0, 0.1) is 0 Å². The lowest BCUT2D eigenvalue weighted by Crippen LogP contribution is -2.19. The molecule has 5 nitrogen and oxygen atoms in total. The third-order valence-electron chi connectivity index (χ3n) is 3.70. The Morgan fingerprint density at radius 1 is 0.458 bits per heavy atom. The van der Waals surface area contributed by atoms with Crippen molar-refractivity contribution >= 4 is 16.7 Å². The van der Waals surface area contributed by atoms with E-state index in [2.05, 4.69) is 127 Å². The van der Waals surface area contributed by atoms with Crippen LogP contribution in [-0.2, 0) is 0 Å². The Hall–Kier alpha value is -2.06. The fraction of sp³-hybridized carbons (Fsp3) is 0.0588. The zero-order chi connectivity index (χ0) is 16.4. The molecule has 4 aromatic heterocycles. The number of hydrogen-bond acceptors (Lipinski definition) is 1. The van der Waals surface area contributed by atoms with Gasteiger partial charge in [-0.15, -0.1) is 0 Å². The summed E-state index contributed by atoms with van der Waals surface area (Å²) < 4.78 is 11.6. The first-order valence-electron chi connectivity index (χ1n) is 7.71. The highest BCUT2D eigenvalue weighted by molar-refractivity contribution is 7.67. The number of nitrogens with zero attached hydrogens (tertiary/aromatic N) is 5. The van der Waals surface area contributed by atoms with Gasteiger partial charge in [0.25, 0.3) is 0 Å². The molecule has 0 amide bonds. The second kappa shape index (κ2) is 6.82. The summed E-state index contributed by atoms with van der Waals surface area (Å²) in [5.74, 6) is 0. The Balaban J connectivity index is 1.79. The van der Waals surface area contributed by atoms with Crippen molar-refractivity contribution in [2.24, 2.45) is 0 Å². The zero-order valence-corrected chi connectivity index (χ0v) is 15.2. The minimum atomic E-state index is -0.733. The molecule has 0 spiro atoms. The number of aromatic nitrogens is 4. The van der Waals surface area contributed by atoms with E-state index in [0.29, 0.717) is 0 Å². The first-order valence-corrected chi connectivity index (χ1v) is 10.1. The lowest BCUT2D eigenvalue weighted by atomic mass is 10.7. The Bertz CT molecular complexity index is 694. The summed E-state index contributed by atoms with van der Waals surface area (Å²) in [5.41, 5.74) is 0. The van der Waals surface area contributed by atoms with Crippen molar-refractivity contribution in [3.05, 3.63) is 98.1 Å². The highest BCUT2D eigenvalue weighted by Gasteiger charge is 2.28. The van der Waals surface area contributed by atoms with Crippen LogP contribution >= 0.6 is 16.7 Å². The summed E-state index contributed by atoms with van der Waals surface area (Å²) in [6.07, 6.45) is 17.1. The van der Waals surface area contributed by atoms with Gasteiger partial charge in [-0.25, -0.2) is 0 Å². The largest absolute Gasteiger partial charge is 0.303 e. The molecular weight excluding hydrogens is 336 g/mol. The Labute approximate surface area is 144 Å². The van der Waals surface area contributed by atoms with Crippen molar-refractivity contribution in [3.63, 3.8) is 0 Å². The van der Waals surface area contributed by atoms with Crippen LogP contribution in [0.3, 0.4) is 0 Å². The average Bonchev–Trinajstić information content (AvgIpc) is 3.38. The van der Waals surface area contributed by atoms with E-state index in [1.54, 1.807) is 0 Å². The summed E-state index contributed by atoms with van der Waals surface area (Å²) >= 11 is 0. The molecule has 0 unspecified atom stereocenters. The molecule has 0 aromatic carbocycles. The predicted octanol–water partition coefficient (Wildman–Crippen LogP) is 4.77. The Morgan fingerprint density at radius 3 is 0.875 bits per heavy atom. The molecule has 4 aromatic rings. The summed E-state index contributed by atoms with van der Waals surface area (Å²) in [6, 6.07) is 16.7. The number of rotatable bonds is 6. The fourth-order valence-corrected chi connectivity index (χ4v) is 7.61. The van der Waals surface area contributed by atoms with Crippen molar-refractivity contribution in [3.8, 4) is 0 Å². The molecular formula is C17H19N5P2. The minimum absolute atomic E-state index is 0.733. The molecule has 0 saturated carbocycles. The van der Waals surface area contributed by atoms with Gasteiger partial charge in [-0.1, -0.05) is 0 Å². The molecule has 122 valence electrons. The maximum Gasteiger partial charge on any atom is 0.192 e. The van der Waals surface area contributed by atoms with Crippen molar-refractivity contribution in [1.29, 1.82) is 0 Å². The van der Waals surface area contributed by atoms with Crippen molar-refractivity contribution < 1.29 is 0 Å². The Morgan fingerprint density at radius 2 is 0.667 bits per heavy atom. The quantitative estimate of drug-likeness (QED) is 0.457. The first-order chi connectivity index (χ1) is 11.8. The molecule has 0 atom stereocenters. The van der Waals surface area contributed by atoms with Gasteiger partial charge in [0.15, 0.2) is 16.7 Å². The number of hydrogen-bond donors (Lipinski definition) is 0. The van der Waals surface area contributed by atoms with Crippen LogP contribution in [0.2, 0.25) is 0 Å². The molecule has 0 aliphatic carbocycles. The second-order valence-corrected chi connectivity index (χ2v) is 9.71. The van der Waals surface area contributed by atoms with Gasteiger partial charge >= 0.3 is 0 Å². The maximum atomic E-state index is 2.46. The van der Waals surface area contributed by atoms with Crippen molar-refractivity contribution in [2.45, 2.75) is 0 Å². The van der Waals surface area contributed by atoms with Crippen LogP contribution in [-0.4, -0.2) is 28.8 Å². The SMILES string of the molecule is CN(P(n1cccc1)n1cccc1)P(n1cccc1)n1cccc1. The molecule has 24 heavy (non-hydrogen) atoms. The van der Waals surface area contributed by atoms with E-state index in [9.17, 15) is 0 Å². The Kier molecular flexibility index (Phi) is 4.40. The molecule has 0 fully saturated rings. The second-order valence-electron chi connectivity index (χ2n) is 5.28. The van der Waals surface area contributed by atoms with Gasteiger partial charge < -0.3 is 17.4 Å². The van der Waals surface area contributed by atoms with Gasteiger partial charge in [0, 0.05) is 56.6 Å². The van der Waals surface area contributed by atoms with Crippen LogP contribution in [0.25, 0.3) is 0 Å². The van der Waals surface area contributed by atoms with Gasteiger partial charge in [-0.2, -0.15) is 4.44 Å². The highest BCUT2D eigenvalue weighted by Crippen LogP contribution is 2.57.